The van der Waals surface area contributed by atoms with Crippen molar-refractivity contribution >= 4 is 38.0 Å². The molecule has 0 aliphatic carbocycles. The van der Waals surface area contributed by atoms with Crippen LogP contribution in [0.15, 0.2) is 40.1 Å². The smallest absolute Gasteiger partial charge is 0.349 e. The minimum Gasteiger partial charge on any atom is -0.349 e. The minimum absolute atomic E-state index is 1.20. The molecule has 1 aromatic carbocycles. The van der Waals surface area contributed by atoms with Crippen LogP contribution >= 0.6 is 11.3 Å². The first-order chi connectivity index (χ1) is 7.59. The first-order valence-electron chi connectivity index (χ1n) is 4.12. The summed E-state index contributed by atoms with van der Waals surface area (Å²) in [5.74, 6) is 0. The molecule has 2 aromatic rings. The summed E-state index contributed by atoms with van der Waals surface area (Å²) in [4.78, 5) is 9.47. The summed E-state index contributed by atoms with van der Waals surface area (Å²) in [6.45, 7) is 0. The molecule has 2 N–H and O–H groups in total. The largest absolute Gasteiger partial charge is 0.353 e. The Balaban J connectivity index is 0.000000168. The number of nitrogens with two attached hydrogens (primary N) is 1. The van der Waals surface area contributed by atoms with Crippen molar-refractivity contribution in [1.29, 1.82) is 0 Å². The van der Waals surface area contributed by atoms with Gasteiger partial charge in [-0.1, -0.05) is 22.6 Å². The van der Waals surface area contributed by atoms with Gasteiger partial charge in [-0.25, -0.2) is 4.79 Å². The van der Waals surface area contributed by atoms with E-state index in [-0.39, 0.29) is 0 Å². The van der Waals surface area contributed by atoms with Crippen LogP contribution in [0.3, 0.4) is 0 Å². The maximum Gasteiger partial charge on any atom is 0.353 e. The predicted octanol–water partition coefficient (Wildman–Crippen LogP) is 2.03. The van der Waals surface area contributed by atoms with E-state index in [1.807, 2.05) is 0 Å². The third-order valence-electron chi connectivity index (χ3n) is 1.53. The van der Waals surface area contributed by atoms with E-state index in [0.717, 1.165) is 0 Å². The number of urea groups is 1. The van der Waals surface area contributed by atoms with Crippen molar-refractivity contribution in [2.24, 2.45) is 10.1 Å². The van der Waals surface area contributed by atoms with Crippen molar-refractivity contribution in [3.8, 4) is 0 Å². The fourth-order valence-corrected chi connectivity index (χ4v) is 1.92. The Kier molecular flexibility index (Phi) is 4.62. The van der Waals surface area contributed by atoms with E-state index in [9.17, 15) is 13.2 Å². The van der Waals surface area contributed by atoms with Crippen LogP contribution < -0.4 is 5.73 Å². The number of hydrogen-bond acceptors (Lipinski definition) is 4. The lowest BCUT2D eigenvalue weighted by molar-refractivity contribution is 0.257. The zero-order valence-electron chi connectivity index (χ0n) is 8.03. The number of amides is 2. The number of thiophene rings is 1. The summed E-state index contributed by atoms with van der Waals surface area (Å²) in [6, 6.07) is 9.34. The lowest BCUT2D eigenvalue weighted by Crippen LogP contribution is -2.02. The highest BCUT2D eigenvalue weighted by molar-refractivity contribution is 7.62. The van der Waals surface area contributed by atoms with Gasteiger partial charge in [-0.3, -0.25) is 0 Å². The van der Waals surface area contributed by atoms with Gasteiger partial charge in [0.25, 0.3) is 0 Å². The molecule has 0 radical (unpaired) electrons. The standard InChI is InChI=1S/C8H6S.CH2N2O3S/c1-2-4-8-7(3-1)5-6-9-8;2-1(4)3-7(5)6/h1-6H;(H2,2,4). The van der Waals surface area contributed by atoms with Crippen molar-refractivity contribution in [2.75, 3.05) is 0 Å². The van der Waals surface area contributed by atoms with Crippen molar-refractivity contribution in [3.05, 3.63) is 35.7 Å². The van der Waals surface area contributed by atoms with E-state index >= 15 is 0 Å². The molecule has 0 spiro atoms. The summed E-state index contributed by atoms with van der Waals surface area (Å²) in [5, 5.41) is 3.47. The lowest BCUT2D eigenvalue weighted by Gasteiger charge is -1.82. The molecule has 2 rings (SSSR count). The van der Waals surface area contributed by atoms with E-state index in [4.69, 9.17) is 0 Å². The lowest BCUT2D eigenvalue weighted by atomic mass is 10.3. The summed E-state index contributed by atoms with van der Waals surface area (Å²) in [6.07, 6.45) is 0. The monoisotopic (exact) mass is 256 g/mol. The Morgan fingerprint density at radius 3 is 2.44 bits per heavy atom. The Bertz CT molecular complexity index is 578. The highest BCUT2D eigenvalue weighted by Crippen LogP contribution is 2.18. The maximum absolute atomic E-state index is 9.47. The van der Waals surface area contributed by atoms with Crippen LogP contribution in [0.4, 0.5) is 4.79 Å². The first kappa shape index (κ1) is 12.3. The van der Waals surface area contributed by atoms with Crippen molar-refractivity contribution in [1.82, 2.24) is 0 Å². The van der Waals surface area contributed by atoms with E-state index in [0.29, 0.717) is 0 Å². The fourth-order valence-electron chi connectivity index (χ4n) is 0.980. The molecule has 1 aromatic heterocycles. The Hall–Kier alpha value is -1.73. The number of primary amides is 1. The molecule has 0 fully saturated rings. The predicted molar refractivity (Wildman–Crippen MR) is 62.8 cm³/mol. The summed E-state index contributed by atoms with van der Waals surface area (Å²) in [7, 11) is -2.70. The molecule has 0 unspecified atom stereocenters. The quantitative estimate of drug-likeness (QED) is 0.782. The number of benzene rings is 1. The molecule has 16 heavy (non-hydrogen) atoms. The Morgan fingerprint density at radius 2 is 1.94 bits per heavy atom. The van der Waals surface area contributed by atoms with Crippen LogP contribution in [0.2, 0.25) is 0 Å². The second-order valence-electron chi connectivity index (χ2n) is 2.61. The Labute approximate surface area is 97.2 Å². The van der Waals surface area contributed by atoms with E-state index in [1.54, 1.807) is 11.3 Å². The highest BCUT2D eigenvalue weighted by Gasteiger charge is 1.87. The van der Waals surface area contributed by atoms with Gasteiger partial charge in [-0.15, -0.1) is 11.3 Å². The maximum atomic E-state index is 9.47. The number of carbonyl (C=O) groups excluding carboxylic acids is 1. The van der Waals surface area contributed by atoms with Gasteiger partial charge in [0.2, 0.25) is 0 Å². The van der Waals surface area contributed by atoms with Crippen molar-refractivity contribution < 1.29 is 13.2 Å². The normalized spacial score (nSPS) is 9.00. The van der Waals surface area contributed by atoms with Crippen LogP contribution in [0, 0.1) is 0 Å². The van der Waals surface area contributed by atoms with Gasteiger partial charge >= 0.3 is 16.5 Å². The third kappa shape index (κ3) is 4.20. The van der Waals surface area contributed by atoms with Gasteiger partial charge in [-0.2, -0.15) is 8.42 Å². The number of hydrogen-bond donors (Lipinski definition) is 1. The topological polar surface area (TPSA) is 89.6 Å². The fraction of sp³-hybridized carbons (Fsp3) is 0. The molecule has 7 heteroatoms. The molecule has 0 atom stereocenters. The van der Waals surface area contributed by atoms with Crippen LogP contribution in [0.5, 0.6) is 0 Å². The molecule has 0 aliphatic rings. The van der Waals surface area contributed by atoms with Gasteiger partial charge in [0.05, 0.1) is 0 Å². The molecule has 5 nitrogen and oxygen atoms in total. The molecular formula is C9H8N2O3S2. The molecule has 1 heterocycles. The van der Waals surface area contributed by atoms with Crippen molar-refractivity contribution in [2.45, 2.75) is 0 Å². The average Bonchev–Trinajstić information content (AvgIpc) is 2.63. The molecular weight excluding hydrogens is 248 g/mol. The molecule has 84 valence electrons. The Morgan fingerprint density at radius 1 is 1.25 bits per heavy atom. The van der Waals surface area contributed by atoms with Gasteiger partial charge in [0, 0.05) is 4.70 Å². The summed E-state index contributed by atoms with van der Waals surface area (Å²) in [5.41, 5.74) is 4.29. The van der Waals surface area contributed by atoms with Gasteiger partial charge in [0.1, 0.15) is 0 Å². The molecule has 2 amide bonds. The van der Waals surface area contributed by atoms with E-state index in [2.05, 4.69) is 45.8 Å². The van der Waals surface area contributed by atoms with Gasteiger partial charge in [0.15, 0.2) is 0 Å². The summed E-state index contributed by atoms with van der Waals surface area (Å²) >= 11 is 1.79. The molecule has 0 saturated heterocycles. The van der Waals surface area contributed by atoms with Crippen molar-refractivity contribution in [3.63, 3.8) is 0 Å². The van der Waals surface area contributed by atoms with Crippen LogP contribution in [-0.4, -0.2) is 14.4 Å². The second-order valence-corrected chi connectivity index (χ2v) is 4.17. The zero-order chi connectivity index (χ0) is 12.0. The highest BCUT2D eigenvalue weighted by atomic mass is 32.2. The number of nitrogens with zero attached hydrogens (tertiary/aromatic N) is 1. The van der Waals surface area contributed by atoms with Crippen LogP contribution in [0.25, 0.3) is 10.1 Å². The second kappa shape index (κ2) is 5.99. The molecule has 0 saturated carbocycles. The minimum atomic E-state index is -2.70. The molecule has 0 bridgehead atoms. The number of fused-ring (bicyclic) bond motifs is 1. The molecule has 0 aliphatic heterocycles. The SMILES string of the molecule is NC(=O)N=S(=O)=O.c1ccc2sccc2c1. The summed E-state index contributed by atoms with van der Waals surface area (Å²) < 4.78 is 22.4. The first-order valence-corrected chi connectivity index (χ1v) is 6.03. The average molecular weight is 256 g/mol. The van der Waals surface area contributed by atoms with Gasteiger partial charge in [-0.05, 0) is 22.9 Å². The van der Waals surface area contributed by atoms with Gasteiger partial charge < -0.3 is 5.73 Å². The van der Waals surface area contributed by atoms with E-state index < -0.39 is 16.5 Å². The van der Waals surface area contributed by atoms with Crippen LogP contribution in [-0.2, 0) is 10.5 Å². The third-order valence-corrected chi connectivity index (χ3v) is 2.75. The van der Waals surface area contributed by atoms with E-state index in [1.165, 1.54) is 10.1 Å². The number of rotatable bonds is 0. The van der Waals surface area contributed by atoms with Crippen LogP contribution in [0.1, 0.15) is 0 Å². The number of carbonyl (C=O) groups is 1. The zero-order valence-corrected chi connectivity index (χ0v) is 9.66.